The molecule has 0 spiro atoms. The zero-order valence-corrected chi connectivity index (χ0v) is 29.8. The molecule has 1 N–H and O–H groups in total. The van der Waals surface area contributed by atoms with Crippen LogP contribution < -0.4 is 15.0 Å². The van der Waals surface area contributed by atoms with Crippen LogP contribution in [0.15, 0.2) is 199 Å². The first-order valence-corrected chi connectivity index (χ1v) is 18.7. The molecule has 1 aliphatic rings. The summed E-state index contributed by atoms with van der Waals surface area (Å²) >= 11 is 0. The van der Waals surface area contributed by atoms with E-state index in [0.717, 1.165) is 94.2 Å². The monoisotopic (exact) mass is 706 g/mol. The summed E-state index contributed by atoms with van der Waals surface area (Å²) < 4.78 is 13.1. The topological polar surface area (TPSA) is 37.6 Å². The van der Waals surface area contributed by atoms with E-state index in [4.69, 9.17) is 9.15 Å². The molecule has 10 aromatic rings. The lowest BCUT2D eigenvalue weighted by molar-refractivity contribution is 0.260. The summed E-state index contributed by atoms with van der Waals surface area (Å²) in [7, 11) is 0. The van der Waals surface area contributed by atoms with Crippen LogP contribution in [0.2, 0.25) is 0 Å². The molecule has 4 nitrogen and oxygen atoms in total. The first-order valence-electron chi connectivity index (χ1n) is 18.7. The maximum atomic E-state index is 6.61. The number of hydrogen-bond donors (Lipinski definition) is 1. The number of para-hydroxylation sites is 3. The van der Waals surface area contributed by atoms with Crippen LogP contribution in [0.4, 0.5) is 22.7 Å². The lowest BCUT2D eigenvalue weighted by Gasteiger charge is -2.29. The third-order valence-corrected chi connectivity index (χ3v) is 10.9. The van der Waals surface area contributed by atoms with Gasteiger partial charge in [0.05, 0.1) is 11.4 Å². The molecule has 4 heteroatoms. The largest absolute Gasteiger partial charge is 0.464 e. The van der Waals surface area contributed by atoms with Crippen molar-refractivity contribution in [2.45, 2.75) is 6.23 Å². The van der Waals surface area contributed by atoms with Crippen molar-refractivity contribution < 1.29 is 9.15 Å². The lowest BCUT2D eigenvalue weighted by atomic mass is 9.97. The summed E-state index contributed by atoms with van der Waals surface area (Å²) in [6.07, 6.45) is -0.259. The van der Waals surface area contributed by atoms with Crippen LogP contribution in [0.25, 0.3) is 65.7 Å². The van der Waals surface area contributed by atoms with Crippen molar-refractivity contribution in [1.29, 1.82) is 0 Å². The number of furan rings is 1. The van der Waals surface area contributed by atoms with Gasteiger partial charge in [-0.05, 0) is 69.8 Å². The van der Waals surface area contributed by atoms with Crippen molar-refractivity contribution in [2.75, 3.05) is 10.2 Å². The fourth-order valence-electron chi connectivity index (χ4n) is 8.30. The van der Waals surface area contributed by atoms with Crippen LogP contribution >= 0.6 is 0 Å². The average molecular weight is 707 g/mol. The first-order chi connectivity index (χ1) is 27.3. The van der Waals surface area contributed by atoms with Crippen LogP contribution in [0.5, 0.6) is 5.75 Å². The van der Waals surface area contributed by atoms with Gasteiger partial charge >= 0.3 is 0 Å². The molecule has 0 radical (unpaired) electrons. The van der Waals surface area contributed by atoms with Gasteiger partial charge in [0.2, 0.25) is 0 Å². The minimum atomic E-state index is -0.259. The Morgan fingerprint density at radius 1 is 0.473 bits per heavy atom. The Kier molecular flexibility index (Phi) is 7.20. The van der Waals surface area contributed by atoms with Gasteiger partial charge in [0, 0.05) is 44.2 Å². The van der Waals surface area contributed by atoms with Crippen LogP contribution in [0, 0.1) is 0 Å². The zero-order chi connectivity index (χ0) is 36.3. The molecule has 0 saturated carbocycles. The third-order valence-electron chi connectivity index (χ3n) is 10.9. The highest BCUT2D eigenvalue weighted by Gasteiger charge is 2.27. The van der Waals surface area contributed by atoms with Gasteiger partial charge in [-0.2, -0.15) is 0 Å². The van der Waals surface area contributed by atoms with Gasteiger partial charge in [-0.15, -0.1) is 0 Å². The molecule has 0 aliphatic carbocycles. The van der Waals surface area contributed by atoms with Crippen molar-refractivity contribution in [1.82, 2.24) is 0 Å². The van der Waals surface area contributed by atoms with E-state index in [2.05, 4.69) is 186 Å². The molecule has 0 amide bonds. The van der Waals surface area contributed by atoms with E-state index in [0.29, 0.717) is 0 Å². The van der Waals surface area contributed by atoms with E-state index in [1.807, 2.05) is 18.2 Å². The van der Waals surface area contributed by atoms with Crippen molar-refractivity contribution in [3.8, 4) is 28.0 Å². The summed E-state index contributed by atoms with van der Waals surface area (Å²) in [5.74, 6) is 0.857. The number of hydrogen-bond acceptors (Lipinski definition) is 4. The van der Waals surface area contributed by atoms with E-state index in [9.17, 15) is 0 Å². The van der Waals surface area contributed by atoms with Gasteiger partial charge in [-0.25, -0.2) is 0 Å². The van der Waals surface area contributed by atoms with Crippen molar-refractivity contribution in [2.24, 2.45) is 0 Å². The van der Waals surface area contributed by atoms with Crippen LogP contribution in [0.3, 0.4) is 0 Å². The van der Waals surface area contributed by atoms with Crippen LogP contribution in [-0.4, -0.2) is 0 Å². The second kappa shape index (κ2) is 12.7. The van der Waals surface area contributed by atoms with Gasteiger partial charge in [0.1, 0.15) is 16.9 Å². The summed E-state index contributed by atoms with van der Waals surface area (Å²) in [5, 5.41) is 10.6. The third kappa shape index (κ3) is 5.22. The number of ether oxygens (including phenoxy) is 1. The van der Waals surface area contributed by atoms with Gasteiger partial charge in [0.25, 0.3) is 0 Å². The summed E-state index contributed by atoms with van der Waals surface area (Å²) in [6.45, 7) is 0. The number of benzene rings is 9. The second-order valence-electron chi connectivity index (χ2n) is 14.1. The number of fused-ring (bicyclic) bond motifs is 8. The molecule has 1 aliphatic heterocycles. The van der Waals surface area contributed by atoms with Gasteiger partial charge < -0.3 is 19.4 Å². The number of nitrogens with zero attached hydrogens (tertiary/aromatic N) is 1. The summed E-state index contributed by atoms with van der Waals surface area (Å²) in [5.41, 5.74) is 11.5. The predicted molar refractivity (Wildman–Crippen MR) is 228 cm³/mol. The Balaban J connectivity index is 1.14. The molecule has 0 fully saturated rings. The van der Waals surface area contributed by atoms with E-state index in [1.165, 1.54) is 5.56 Å². The molecule has 9 aromatic carbocycles. The normalized spacial score (nSPS) is 13.6. The van der Waals surface area contributed by atoms with Crippen LogP contribution in [-0.2, 0) is 0 Å². The molecule has 55 heavy (non-hydrogen) atoms. The molecule has 2 heterocycles. The van der Waals surface area contributed by atoms with Crippen molar-refractivity contribution >= 4 is 66.2 Å². The smallest absolute Gasteiger partial charge is 0.196 e. The maximum absolute atomic E-state index is 6.61. The Morgan fingerprint density at radius 3 is 2.05 bits per heavy atom. The molecule has 0 saturated heterocycles. The fourth-order valence-corrected chi connectivity index (χ4v) is 8.30. The molecule has 0 bridgehead atoms. The highest BCUT2D eigenvalue weighted by atomic mass is 16.5. The van der Waals surface area contributed by atoms with Crippen molar-refractivity contribution in [3.05, 3.63) is 200 Å². The van der Waals surface area contributed by atoms with Gasteiger partial charge in [0.15, 0.2) is 6.23 Å². The van der Waals surface area contributed by atoms with E-state index >= 15 is 0 Å². The van der Waals surface area contributed by atoms with E-state index in [-0.39, 0.29) is 6.23 Å². The quantitative estimate of drug-likeness (QED) is 0.175. The zero-order valence-electron chi connectivity index (χ0n) is 29.8. The highest BCUT2D eigenvalue weighted by molar-refractivity contribution is 6.16. The minimum absolute atomic E-state index is 0.259. The Labute approximate surface area is 318 Å². The fraction of sp³-hybridized carbons (Fsp3) is 0.0196. The Hall–Kier alpha value is -7.30. The molecular formula is C51H34N2O2. The molecule has 260 valence electrons. The minimum Gasteiger partial charge on any atom is -0.464 e. The molecule has 11 rings (SSSR count). The Bertz CT molecular complexity index is 3060. The average Bonchev–Trinajstić information content (AvgIpc) is 3.87. The van der Waals surface area contributed by atoms with Crippen LogP contribution in [0.1, 0.15) is 11.8 Å². The van der Waals surface area contributed by atoms with Crippen molar-refractivity contribution in [3.63, 3.8) is 0 Å². The Morgan fingerprint density at radius 2 is 1.15 bits per heavy atom. The SMILES string of the molecule is c1ccc(-c2cccc(N(c3ccc4ccc5ccc6c(c5c4c3)NC(c3ccccc3)O6)c3ccccc3-c3cccc4c3oc3ccccc34)c2)cc1. The molecule has 1 atom stereocenters. The lowest BCUT2D eigenvalue weighted by Crippen LogP contribution is -2.11. The highest BCUT2D eigenvalue weighted by Crippen LogP contribution is 2.48. The van der Waals surface area contributed by atoms with Gasteiger partial charge in [-0.1, -0.05) is 152 Å². The number of rotatable bonds is 6. The molecule has 1 unspecified atom stereocenters. The predicted octanol–water partition coefficient (Wildman–Crippen LogP) is 14.2. The first kappa shape index (κ1) is 31.2. The molecular weight excluding hydrogens is 673 g/mol. The number of anilines is 4. The summed E-state index contributed by atoms with van der Waals surface area (Å²) in [4.78, 5) is 2.39. The second-order valence-corrected chi connectivity index (χ2v) is 14.1. The number of nitrogens with one attached hydrogen (secondary N) is 1. The summed E-state index contributed by atoms with van der Waals surface area (Å²) in [6, 6.07) is 68.7. The maximum Gasteiger partial charge on any atom is 0.196 e. The molecule has 1 aromatic heterocycles. The van der Waals surface area contributed by atoms with E-state index in [1.54, 1.807) is 0 Å². The standard InChI is InChI=1S/C51H34N2O2/c1-3-13-33(14-4-1)37-17-11-18-38(31-37)53(45-23-9-7-19-40(45)42-21-12-22-43-41-20-8-10-24-46(41)54-50(42)43)39-29-27-34-25-26-35-28-30-47-49(48(35)44(34)32-39)52-51(55-47)36-15-5-2-6-16-36/h1-32,51-52H. The van der Waals surface area contributed by atoms with Gasteiger partial charge in [-0.3, -0.25) is 0 Å². The van der Waals surface area contributed by atoms with E-state index < -0.39 is 0 Å².